The second kappa shape index (κ2) is 6.81. The first-order chi connectivity index (χ1) is 10.4. The van der Waals surface area contributed by atoms with Gasteiger partial charge in [0.15, 0.2) is 0 Å². The molecule has 5 nitrogen and oxygen atoms in total. The van der Waals surface area contributed by atoms with Crippen molar-refractivity contribution < 1.29 is 14.7 Å². The number of hydrogen-bond donors (Lipinski definition) is 2. The highest BCUT2D eigenvalue weighted by atomic mass is 16.4. The number of carboxylic acid groups (broad SMARTS) is 1. The largest absolute Gasteiger partial charge is 0.481 e. The number of nitrogens with one attached hydrogen (secondary N) is 1. The van der Waals surface area contributed by atoms with Crippen molar-refractivity contribution in [2.24, 2.45) is 11.8 Å². The molecule has 22 heavy (non-hydrogen) atoms. The number of carboxylic acids is 1. The van der Waals surface area contributed by atoms with Crippen LogP contribution in [0.15, 0.2) is 24.3 Å². The maximum Gasteiger partial charge on any atom is 0.317 e. The van der Waals surface area contributed by atoms with E-state index < -0.39 is 11.9 Å². The third kappa shape index (κ3) is 4.00. The van der Waals surface area contributed by atoms with Crippen LogP contribution in [0.2, 0.25) is 0 Å². The Morgan fingerprint density at radius 3 is 2.55 bits per heavy atom. The summed E-state index contributed by atoms with van der Waals surface area (Å²) in [5.41, 5.74) is 2.32. The van der Waals surface area contributed by atoms with E-state index in [1.54, 1.807) is 14.0 Å². The summed E-state index contributed by atoms with van der Waals surface area (Å²) < 4.78 is 0. The molecule has 1 fully saturated rings. The number of aryl methyl sites for hydroxylation is 1. The maximum atomic E-state index is 12.4. The number of carbonyl (C=O) groups is 2. The number of carbonyl (C=O) groups excluding carboxylic acids is 1. The van der Waals surface area contributed by atoms with Crippen LogP contribution in [0.4, 0.5) is 4.79 Å². The van der Waals surface area contributed by atoms with Crippen LogP contribution in [0.25, 0.3) is 0 Å². The van der Waals surface area contributed by atoms with E-state index in [9.17, 15) is 9.59 Å². The minimum absolute atomic E-state index is 0.0104. The topological polar surface area (TPSA) is 69.6 Å². The fourth-order valence-corrected chi connectivity index (χ4v) is 2.63. The van der Waals surface area contributed by atoms with Gasteiger partial charge in [0, 0.05) is 13.6 Å². The minimum atomic E-state index is -0.891. The SMILES string of the molecule is Cc1ccccc1C(NC(=O)N(C)CC(C)C(=O)O)C1CC1. The summed E-state index contributed by atoms with van der Waals surface area (Å²) in [6, 6.07) is 7.88. The Bertz CT molecular complexity index is 555. The average molecular weight is 304 g/mol. The number of benzene rings is 1. The minimum Gasteiger partial charge on any atom is -0.481 e. The lowest BCUT2D eigenvalue weighted by atomic mass is 9.98. The Kier molecular flexibility index (Phi) is 5.06. The number of hydrogen-bond acceptors (Lipinski definition) is 2. The van der Waals surface area contributed by atoms with Gasteiger partial charge in [0.2, 0.25) is 0 Å². The molecule has 1 aromatic rings. The number of amides is 2. The molecule has 0 spiro atoms. The van der Waals surface area contributed by atoms with Gasteiger partial charge in [-0.05, 0) is 36.8 Å². The molecule has 0 aromatic heterocycles. The standard InChI is InChI=1S/C17H24N2O3/c1-11-6-4-5-7-14(11)15(13-8-9-13)18-17(22)19(3)10-12(2)16(20)21/h4-7,12-13,15H,8-10H2,1-3H3,(H,18,22)(H,20,21). The number of nitrogens with zero attached hydrogens (tertiary/aromatic N) is 1. The van der Waals surface area contributed by atoms with Crippen LogP contribution in [-0.2, 0) is 4.79 Å². The van der Waals surface area contributed by atoms with E-state index in [2.05, 4.69) is 11.4 Å². The second-order valence-corrected chi connectivity index (χ2v) is 6.24. The molecule has 1 saturated carbocycles. The molecule has 2 amide bonds. The van der Waals surface area contributed by atoms with Crippen molar-refractivity contribution in [3.63, 3.8) is 0 Å². The van der Waals surface area contributed by atoms with Crippen LogP contribution in [0.5, 0.6) is 0 Å². The van der Waals surface area contributed by atoms with E-state index in [-0.39, 0.29) is 18.6 Å². The predicted octanol–water partition coefficient (Wildman–Crippen LogP) is 2.81. The summed E-state index contributed by atoms with van der Waals surface area (Å²) in [6.07, 6.45) is 2.24. The molecule has 5 heteroatoms. The highest BCUT2D eigenvalue weighted by Crippen LogP contribution is 2.41. The molecule has 120 valence electrons. The molecule has 2 N–H and O–H groups in total. The third-order valence-corrected chi connectivity index (χ3v) is 4.21. The summed E-state index contributed by atoms with van der Waals surface area (Å²) in [5.74, 6) is -0.985. The molecular weight excluding hydrogens is 280 g/mol. The smallest absolute Gasteiger partial charge is 0.317 e. The molecular formula is C17H24N2O3. The average Bonchev–Trinajstić information content (AvgIpc) is 3.29. The van der Waals surface area contributed by atoms with E-state index in [4.69, 9.17) is 5.11 Å². The van der Waals surface area contributed by atoms with Gasteiger partial charge in [-0.2, -0.15) is 0 Å². The zero-order valence-electron chi connectivity index (χ0n) is 13.4. The zero-order chi connectivity index (χ0) is 16.3. The first-order valence-corrected chi connectivity index (χ1v) is 7.70. The molecule has 0 bridgehead atoms. The van der Waals surface area contributed by atoms with Crippen molar-refractivity contribution in [2.75, 3.05) is 13.6 Å². The summed E-state index contributed by atoms with van der Waals surface area (Å²) >= 11 is 0. The molecule has 0 radical (unpaired) electrons. The number of urea groups is 1. The van der Waals surface area contributed by atoms with E-state index >= 15 is 0 Å². The van der Waals surface area contributed by atoms with Gasteiger partial charge in [-0.1, -0.05) is 31.2 Å². The van der Waals surface area contributed by atoms with Crippen molar-refractivity contribution in [1.82, 2.24) is 10.2 Å². The first-order valence-electron chi connectivity index (χ1n) is 7.70. The maximum absolute atomic E-state index is 12.4. The third-order valence-electron chi connectivity index (χ3n) is 4.21. The molecule has 2 atom stereocenters. The zero-order valence-corrected chi connectivity index (χ0v) is 13.4. The Morgan fingerprint density at radius 1 is 1.36 bits per heavy atom. The van der Waals surface area contributed by atoms with Crippen LogP contribution in [-0.4, -0.2) is 35.6 Å². The van der Waals surface area contributed by atoms with Crippen LogP contribution < -0.4 is 5.32 Å². The molecule has 1 aliphatic carbocycles. The van der Waals surface area contributed by atoms with Gasteiger partial charge in [0.25, 0.3) is 0 Å². The molecule has 2 unspecified atom stereocenters. The van der Waals surface area contributed by atoms with Crippen LogP contribution in [0, 0.1) is 18.8 Å². The molecule has 1 aromatic carbocycles. The van der Waals surface area contributed by atoms with Crippen LogP contribution in [0.1, 0.15) is 36.9 Å². The first kappa shape index (κ1) is 16.3. The van der Waals surface area contributed by atoms with Gasteiger partial charge in [-0.15, -0.1) is 0 Å². The van der Waals surface area contributed by atoms with Crippen molar-refractivity contribution in [2.45, 2.75) is 32.7 Å². The van der Waals surface area contributed by atoms with Gasteiger partial charge in [0.1, 0.15) is 0 Å². The Balaban J connectivity index is 2.04. The van der Waals surface area contributed by atoms with Crippen LogP contribution >= 0.6 is 0 Å². The monoisotopic (exact) mass is 304 g/mol. The Hall–Kier alpha value is -2.04. The van der Waals surface area contributed by atoms with Crippen LogP contribution in [0.3, 0.4) is 0 Å². The van der Waals surface area contributed by atoms with Gasteiger partial charge < -0.3 is 15.3 Å². The van der Waals surface area contributed by atoms with Gasteiger partial charge in [-0.25, -0.2) is 4.79 Å². The molecule has 0 aliphatic heterocycles. The fraction of sp³-hybridized carbons (Fsp3) is 0.529. The normalized spacial score (nSPS) is 16.7. The summed E-state index contributed by atoms with van der Waals surface area (Å²) in [6.45, 7) is 3.85. The van der Waals surface area contributed by atoms with Crippen molar-refractivity contribution in [3.05, 3.63) is 35.4 Å². The fourth-order valence-electron chi connectivity index (χ4n) is 2.63. The summed E-state index contributed by atoms with van der Waals surface area (Å²) in [5, 5.41) is 12.0. The quantitative estimate of drug-likeness (QED) is 0.849. The lowest BCUT2D eigenvalue weighted by Crippen LogP contribution is -2.42. The molecule has 1 aliphatic rings. The molecule has 0 heterocycles. The molecule has 0 saturated heterocycles. The van der Waals surface area contributed by atoms with E-state index in [1.165, 1.54) is 10.5 Å². The summed E-state index contributed by atoms with van der Waals surface area (Å²) in [4.78, 5) is 24.7. The van der Waals surface area contributed by atoms with Gasteiger partial charge in [0.05, 0.1) is 12.0 Å². The van der Waals surface area contributed by atoms with Crippen molar-refractivity contribution in [1.29, 1.82) is 0 Å². The van der Waals surface area contributed by atoms with E-state index in [0.29, 0.717) is 5.92 Å². The lowest BCUT2D eigenvalue weighted by Gasteiger charge is -2.26. The predicted molar refractivity (Wildman–Crippen MR) is 84.6 cm³/mol. The van der Waals surface area contributed by atoms with Crippen molar-refractivity contribution in [3.8, 4) is 0 Å². The Morgan fingerprint density at radius 2 is 2.00 bits per heavy atom. The Labute approximate surface area is 131 Å². The van der Waals surface area contributed by atoms with Gasteiger partial charge >= 0.3 is 12.0 Å². The van der Waals surface area contributed by atoms with Gasteiger partial charge in [-0.3, -0.25) is 4.79 Å². The molecule has 2 rings (SSSR count). The highest BCUT2D eigenvalue weighted by Gasteiger charge is 2.34. The lowest BCUT2D eigenvalue weighted by molar-refractivity contribution is -0.141. The number of rotatable bonds is 6. The van der Waals surface area contributed by atoms with E-state index in [0.717, 1.165) is 18.4 Å². The van der Waals surface area contributed by atoms with E-state index in [1.807, 2.05) is 25.1 Å². The second-order valence-electron chi connectivity index (χ2n) is 6.24. The number of aliphatic carboxylic acids is 1. The van der Waals surface area contributed by atoms with Crippen molar-refractivity contribution >= 4 is 12.0 Å². The highest BCUT2D eigenvalue weighted by molar-refractivity contribution is 5.76. The summed E-state index contributed by atoms with van der Waals surface area (Å²) in [7, 11) is 1.64.